The molecule has 0 spiro atoms. The Bertz CT molecular complexity index is 1310. The molecule has 0 N–H and O–H groups in total. The number of hydrogen-bond donors (Lipinski definition) is 0. The number of aryl methyl sites for hydroxylation is 2. The topological polar surface area (TPSA) is 176 Å². The van der Waals surface area contributed by atoms with Crippen molar-refractivity contribution in [2.45, 2.75) is 37.6 Å². The van der Waals surface area contributed by atoms with E-state index in [1.165, 1.54) is 28.1 Å². The van der Waals surface area contributed by atoms with Gasteiger partial charge in [0, 0.05) is 14.2 Å². The summed E-state index contributed by atoms with van der Waals surface area (Å²) in [6.07, 6.45) is -3.74. The minimum Gasteiger partial charge on any atom is -0.468 e. The molecule has 36 heavy (non-hydrogen) atoms. The Morgan fingerprint density at radius 2 is 1.17 bits per heavy atom. The first-order valence-corrected chi connectivity index (χ1v) is 10.8. The van der Waals surface area contributed by atoms with Gasteiger partial charge in [-0.15, -0.1) is 0 Å². The number of ether oxygens (including phenoxy) is 6. The van der Waals surface area contributed by atoms with Crippen LogP contribution < -0.4 is 0 Å². The Morgan fingerprint density at radius 3 is 1.53 bits per heavy atom. The highest BCUT2D eigenvalue weighted by Crippen LogP contribution is 2.80. The highest BCUT2D eigenvalue weighted by molar-refractivity contribution is 6.14. The number of ketones is 2. The molecule has 0 aromatic carbocycles. The van der Waals surface area contributed by atoms with Gasteiger partial charge in [-0.05, 0) is 13.8 Å². The molecular weight excluding hydrogens is 484 g/mol. The molecule has 2 saturated heterocycles. The molecule has 0 amide bonds. The lowest BCUT2D eigenvalue weighted by Gasteiger charge is -2.49. The van der Waals surface area contributed by atoms with Crippen molar-refractivity contribution in [3.05, 3.63) is 34.0 Å². The van der Waals surface area contributed by atoms with Crippen molar-refractivity contribution in [3.63, 3.8) is 0 Å². The van der Waals surface area contributed by atoms with Gasteiger partial charge >= 0.3 is 11.9 Å². The standard InChI is InChI=1S/C22H20N2O12/c1-7-9-13(35-23-7)11(25)15-19(17(27)29-3)16-12(26)14-10(8(2)24-36-14)22(32-6,34-16)20(19,18(28)30-4)21(9,31-5)33-15/h15-16H,1-6H3/t15-,16+,19?,20?,21+,22-. The fourth-order valence-electron chi connectivity index (χ4n) is 6.82. The van der Waals surface area contributed by atoms with Crippen LogP contribution in [-0.2, 0) is 49.6 Å². The van der Waals surface area contributed by atoms with Gasteiger partial charge in [0.1, 0.15) is 12.2 Å². The van der Waals surface area contributed by atoms with Gasteiger partial charge in [0.2, 0.25) is 40.1 Å². The average Bonchev–Trinajstić information content (AvgIpc) is 3.59. The van der Waals surface area contributed by atoms with E-state index in [1.54, 1.807) is 0 Å². The number of Topliss-reactive ketones (excluding diaryl/α,β-unsaturated/α-hetero) is 2. The molecule has 0 radical (unpaired) electrons. The van der Waals surface area contributed by atoms with Crippen molar-refractivity contribution < 1.29 is 56.6 Å². The monoisotopic (exact) mass is 504 g/mol. The predicted molar refractivity (Wildman–Crippen MR) is 107 cm³/mol. The number of nitrogens with zero attached hydrogens (tertiary/aromatic N) is 2. The maximum absolute atomic E-state index is 14.3. The maximum Gasteiger partial charge on any atom is 0.325 e. The van der Waals surface area contributed by atoms with E-state index in [4.69, 9.17) is 37.5 Å². The minimum atomic E-state index is -2.57. The Hall–Kier alpha value is -3.46. The molecule has 0 aliphatic carbocycles. The van der Waals surface area contributed by atoms with E-state index in [0.29, 0.717) is 0 Å². The summed E-state index contributed by atoms with van der Waals surface area (Å²) in [7, 11) is 4.47. The quantitative estimate of drug-likeness (QED) is 0.512. The molecule has 2 fully saturated rings. The summed E-state index contributed by atoms with van der Waals surface area (Å²) >= 11 is 0. The number of hydrogen-bond acceptors (Lipinski definition) is 14. The van der Waals surface area contributed by atoms with Crippen LogP contribution in [0.25, 0.3) is 0 Å². The van der Waals surface area contributed by atoms with E-state index in [9.17, 15) is 19.2 Å². The van der Waals surface area contributed by atoms with Gasteiger partial charge in [0.15, 0.2) is 5.41 Å². The van der Waals surface area contributed by atoms with Gasteiger partial charge in [0.05, 0.1) is 36.7 Å². The fraction of sp³-hybridized carbons (Fsp3) is 0.545. The fourth-order valence-corrected chi connectivity index (χ4v) is 6.82. The van der Waals surface area contributed by atoms with Crippen LogP contribution in [0.1, 0.15) is 43.6 Å². The summed E-state index contributed by atoms with van der Waals surface area (Å²) in [4.78, 5) is 55.9. The first-order valence-electron chi connectivity index (χ1n) is 10.8. The van der Waals surface area contributed by atoms with E-state index < -0.39 is 58.1 Å². The maximum atomic E-state index is 14.3. The van der Waals surface area contributed by atoms with E-state index in [2.05, 4.69) is 10.3 Å². The number of carbonyl (C=O) groups excluding carboxylic acids is 4. The lowest BCUT2D eigenvalue weighted by Crippen LogP contribution is -2.67. The molecule has 6 atom stereocenters. The molecule has 14 nitrogen and oxygen atoms in total. The van der Waals surface area contributed by atoms with Gasteiger partial charge in [-0.25, -0.2) is 0 Å². The second-order valence-electron chi connectivity index (χ2n) is 8.91. The third kappa shape index (κ3) is 1.80. The van der Waals surface area contributed by atoms with Gasteiger partial charge in [-0.3, -0.25) is 19.2 Å². The molecule has 4 bridgehead atoms. The zero-order chi connectivity index (χ0) is 26.0. The zero-order valence-electron chi connectivity index (χ0n) is 19.9. The third-order valence-corrected chi connectivity index (χ3v) is 7.90. The van der Waals surface area contributed by atoms with Gasteiger partial charge in [0.25, 0.3) is 0 Å². The van der Waals surface area contributed by atoms with Crippen LogP contribution in [-0.4, -0.2) is 74.5 Å². The molecule has 14 heteroatoms. The summed E-state index contributed by atoms with van der Waals surface area (Å²) < 4.78 is 45.4. The van der Waals surface area contributed by atoms with Crippen LogP contribution in [0.15, 0.2) is 9.05 Å². The van der Waals surface area contributed by atoms with Crippen molar-refractivity contribution in [3.8, 4) is 0 Å². The lowest BCUT2D eigenvalue weighted by atomic mass is 9.53. The molecule has 4 aliphatic rings. The van der Waals surface area contributed by atoms with Crippen LogP contribution >= 0.6 is 0 Å². The summed E-state index contributed by atoms with van der Waals surface area (Å²) in [6, 6.07) is 0. The van der Waals surface area contributed by atoms with Crippen molar-refractivity contribution in [2.75, 3.05) is 28.4 Å². The number of rotatable bonds is 4. The van der Waals surface area contributed by atoms with E-state index >= 15 is 0 Å². The number of aromatic nitrogens is 2. The van der Waals surface area contributed by atoms with Crippen LogP contribution in [0.3, 0.4) is 0 Å². The van der Waals surface area contributed by atoms with Crippen LogP contribution in [0.2, 0.25) is 0 Å². The summed E-state index contributed by atoms with van der Waals surface area (Å²) in [6.45, 7) is 2.98. The first kappa shape index (κ1) is 23.0. The van der Waals surface area contributed by atoms with Crippen molar-refractivity contribution in [1.82, 2.24) is 10.3 Å². The number of fused-ring (bicyclic) bond motifs is 13. The van der Waals surface area contributed by atoms with E-state index in [-0.39, 0.29) is 34.0 Å². The molecule has 2 unspecified atom stereocenters. The molecular formula is C22H20N2O12. The largest absolute Gasteiger partial charge is 0.468 e. The molecule has 0 saturated carbocycles. The van der Waals surface area contributed by atoms with Crippen molar-refractivity contribution in [2.24, 2.45) is 10.8 Å². The second-order valence-corrected chi connectivity index (χ2v) is 8.91. The second kappa shape index (κ2) is 6.64. The predicted octanol–water partition coefficient (Wildman–Crippen LogP) is 0.0870. The average molecular weight is 504 g/mol. The molecule has 190 valence electrons. The Balaban J connectivity index is 1.91. The van der Waals surface area contributed by atoms with E-state index in [1.807, 2.05) is 0 Å². The number of carbonyl (C=O) groups is 4. The SMILES string of the molecule is COC(=O)C12[C@@H]3O[C@@](OC)(c4c(C)noc4C3=O)C1(C(=O)OC)[C@]1(OC)O[C@H]2C(=O)c2onc(C)c21. The molecule has 6 heterocycles. The highest BCUT2D eigenvalue weighted by atomic mass is 16.8. The van der Waals surface area contributed by atoms with E-state index in [0.717, 1.165) is 14.2 Å². The molecule has 6 rings (SSSR count). The molecule has 2 aromatic rings. The third-order valence-electron chi connectivity index (χ3n) is 7.90. The van der Waals surface area contributed by atoms with Gasteiger partial charge in [-0.2, -0.15) is 0 Å². The van der Waals surface area contributed by atoms with Gasteiger partial charge < -0.3 is 37.5 Å². The molecule has 4 aliphatic heterocycles. The highest BCUT2D eigenvalue weighted by Gasteiger charge is 3.00. The Morgan fingerprint density at radius 1 is 0.750 bits per heavy atom. The summed E-state index contributed by atoms with van der Waals surface area (Å²) in [5, 5.41) is 7.75. The zero-order valence-corrected chi connectivity index (χ0v) is 19.9. The number of esters is 2. The van der Waals surface area contributed by atoms with Crippen molar-refractivity contribution in [1.29, 1.82) is 0 Å². The summed E-state index contributed by atoms with van der Waals surface area (Å²) in [5.41, 5.74) is -5.02. The Kier molecular flexibility index (Phi) is 4.24. The molecule has 2 aromatic heterocycles. The van der Waals surface area contributed by atoms with Crippen LogP contribution in [0.4, 0.5) is 0 Å². The minimum absolute atomic E-state index is 0.0851. The van der Waals surface area contributed by atoms with Crippen molar-refractivity contribution >= 4 is 23.5 Å². The van der Waals surface area contributed by atoms with Crippen LogP contribution in [0.5, 0.6) is 0 Å². The normalized spacial score (nSPS) is 37.4. The van der Waals surface area contributed by atoms with Crippen LogP contribution in [0, 0.1) is 24.7 Å². The smallest absolute Gasteiger partial charge is 0.325 e. The lowest BCUT2D eigenvalue weighted by molar-refractivity contribution is -0.354. The first-order chi connectivity index (χ1) is 17.1. The summed E-state index contributed by atoms with van der Waals surface area (Å²) in [5.74, 6) is -9.40. The van der Waals surface area contributed by atoms with Gasteiger partial charge in [-0.1, -0.05) is 10.3 Å². The number of methoxy groups -OCH3 is 4. The Labute approximate surface area is 202 Å².